The van der Waals surface area contributed by atoms with E-state index >= 15 is 0 Å². The van der Waals surface area contributed by atoms with Crippen LogP contribution in [0.15, 0.2) is 52.0 Å². The maximum atomic E-state index is 12.1. The molecule has 0 spiro atoms. The molecule has 1 aromatic carbocycles. The van der Waals surface area contributed by atoms with Crippen LogP contribution in [-0.2, 0) is 10.0 Å². The molecule has 3 amide bonds. The highest BCUT2D eigenvalue weighted by atomic mass is 32.2. The highest BCUT2D eigenvalue weighted by Gasteiger charge is 2.20. The molecule has 0 atom stereocenters. The molecule has 9 heteroatoms. The largest absolute Gasteiger partial charge is 0.459 e. The van der Waals surface area contributed by atoms with Gasteiger partial charge in [-0.15, -0.1) is 0 Å². The summed E-state index contributed by atoms with van der Waals surface area (Å²) in [6.45, 7) is 0. The number of hydrogen-bond donors (Lipinski definition) is 3. The van der Waals surface area contributed by atoms with Crippen LogP contribution < -0.4 is 15.4 Å². The molecule has 1 aromatic heterocycles. The molecular weight excluding hydrogens is 310 g/mol. The minimum Gasteiger partial charge on any atom is -0.459 e. The maximum Gasteiger partial charge on any atom is 0.318 e. The van der Waals surface area contributed by atoms with Gasteiger partial charge in [-0.2, -0.15) is 0 Å². The first-order valence-electron chi connectivity index (χ1n) is 6.12. The average molecular weight is 323 g/mol. The molecule has 0 radical (unpaired) electrons. The van der Waals surface area contributed by atoms with Crippen LogP contribution in [-0.4, -0.2) is 27.4 Å². The molecule has 0 fully saturated rings. The van der Waals surface area contributed by atoms with Crippen molar-refractivity contribution in [3.05, 3.63) is 48.4 Å². The van der Waals surface area contributed by atoms with Crippen LogP contribution >= 0.6 is 0 Å². The monoisotopic (exact) mass is 323 g/mol. The molecule has 1 heterocycles. The Balaban J connectivity index is 2.12. The summed E-state index contributed by atoms with van der Waals surface area (Å²) in [5.41, 5.74) is 0.413. The summed E-state index contributed by atoms with van der Waals surface area (Å²) in [6, 6.07) is 7.73. The third-order valence-electron chi connectivity index (χ3n) is 2.62. The van der Waals surface area contributed by atoms with Gasteiger partial charge in [0, 0.05) is 12.7 Å². The lowest BCUT2D eigenvalue weighted by Gasteiger charge is -2.07. The highest BCUT2D eigenvalue weighted by molar-refractivity contribution is 7.90. The topological polar surface area (TPSA) is 118 Å². The standard InChI is InChI=1S/C13H13N3O5S/c1-14-13(18)15-9-4-6-10(7-5-9)22(19,20)16-12(17)11-3-2-8-21-11/h2-8H,1H3,(H,16,17)(H2,14,15,18). The summed E-state index contributed by atoms with van der Waals surface area (Å²) >= 11 is 0. The summed E-state index contributed by atoms with van der Waals surface area (Å²) in [6.07, 6.45) is 1.26. The van der Waals surface area contributed by atoms with Crippen molar-refractivity contribution in [1.82, 2.24) is 10.0 Å². The molecule has 0 bridgehead atoms. The van der Waals surface area contributed by atoms with Gasteiger partial charge in [0.1, 0.15) is 0 Å². The number of benzene rings is 1. The van der Waals surface area contributed by atoms with Gasteiger partial charge in [-0.05, 0) is 36.4 Å². The second-order valence-electron chi connectivity index (χ2n) is 4.14. The molecule has 0 aliphatic carbocycles. The van der Waals surface area contributed by atoms with Crippen molar-refractivity contribution in [1.29, 1.82) is 0 Å². The summed E-state index contributed by atoms with van der Waals surface area (Å²) < 4.78 is 30.8. The van der Waals surface area contributed by atoms with Crippen molar-refractivity contribution in [2.24, 2.45) is 0 Å². The Kier molecular flexibility index (Phi) is 4.47. The normalized spacial score (nSPS) is 10.8. The Hall–Kier alpha value is -2.81. The van der Waals surface area contributed by atoms with Gasteiger partial charge in [-0.3, -0.25) is 4.79 Å². The van der Waals surface area contributed by atoms with E-state index in [2.05, 4.69) is 10.6 Å². The highest BCUT2D eigenvalue weighted by Crippen LogP contribution is 2.14. The zero-order valence-electron chi connectivity index (χ0n) is 11.5. The number of carbonyl (C=O) groups excluding carboxylic acids is 2. The lowest BCUT2D eigenvalue weighted by atomic mass is 10.3. The van der Waals surface area contributed by atoms with Crippen molar-refractivity contribution >= 4 is 27.6 Å². The molecular formula is C13H13N3O5S. The zero-order valence-corrected chi connectivity index (χ0v) is 12.3. The number of urea groups is 1. The predicted molar refractivity (Wildman–Crippen MR) is 77.9 cm³/mol. The lowest BCUT2D eigenvalue weighted by molar-refractivity contribution is 0.0954. The molecule has 2 aromatic rings. The van der Waals surface area contributed by atoms with Gasteiger partial charge in [0.05, 0.1) is 11.2 Å². The summed E-state index contributed by atoms with van der Waals surface area (Å²) in [7, 11) is -2.57. The van der Waals surface area contributed by atoms with Gasteiger partial charge < -0.3 is 15.1 Å². The smallest absolute Gasteiger partial charge is 0.318 e. The van der Waals surface area contributed by atoms with E-state index in [0.717, 1.165) is 0 Å². The van der Waals surface area contributed by atoms with Crippen molar-refractivity contribution in [3.63, 3.8) is 0 Å². The zero-order chi connectivity index (χ0) is 16.2. The van der Waals surface area contributed by atoms with Gasteiger partial charge in [0.2, 0.25) is 0 Å². The number of sulfonamides is 1. The fourth-order valence-corrected chi connectivity index (χ4v) is 2.51. The molecule has 8 nitrogen and oxygen atoms in total. The van der Waals surface area contributed by atoms with Crippen LogP contribution in [0.5, 0.6) is 0 Å². The number of anilines is 1. The van der Waals surface area contributed by atoms with Gasteiger partial charge in [-0.1, -0.05) is 0 Å². The molecule has 0 saturated heterocycles. The lowest BCUT2D eigenvalue weighted by Crippen LogP contribution is -2.30. The average Bonchev–Trinajstić information content (AvgIpc) is 3.01. The van der Waals surface area contributed by atoms with Crippen LogP contribution in [0.2, 0.25) is 0 Å². The predicted octanol–water partition coefficient (Wildman–Crippen LogP) is 1.15. The van der Waals surface area contributed by atoms with Gasteiger partial charge in [0.25, 0.3) is 10.0 Å². The van der Waals surface area contributed by atoms with Crippen molar-refractivity contribution in [2.75, 3.05) is 12.4 Å². The number of hydrogen-bond acceptors (Lipinski definition) is 5. The molecule has 3 N–H and O–H groups in total. The molecule has 116 valence electrons. The van der Waals surface area contributed by atoms with E-state index in [4.69, 9.17) is 4.42 Å². The fourth-order valence-electron chi connectivity index (χ4n) is 1.55. The summed E-state index contributed by atoms with van der Waals surface area (Å²) in [4.78, 5) is 22.7. The van der Waals surface area contributed by atoms with Gasteiger partial charge >= 0.3 is 11.9 Å². The molecule has 2 rings (SSSR count). The minimum absolute atomic E-state index is 0.110. The third-order valence-corrected chi connectivity index (χ3v) is 3.97. The number of rotatable bonds is 4. The first-order chi connectivity index (χ1) is 10.4. The molecule has 0 aliphatic rings. The molecule has 0 aliphatic heterocycles. The van der Waals surface area contributed by atoms with E-state index < -0.39 is 22.0 Å². The van der Waals surface area contributed by atoms with E-state index in [1.54, 1.807) is 0 Å². The summed E-state index contributed by atoms with van der Waals surface area (Å²) in [5, 5.41) is 4.85. The first-order valence-corrected chi connectivity index (χ1v) is 7.60. The van der Waals surface area contributed by atoms with Crippen molar-refractivity contribution < 1.29 is 22.4 Å². The molecule has 22 heavy (non-hydrogen) atoms. The van der Waals surface area contributed by atoms with E-state index in [1.807, 2.05) is 4.72 Å². The minimum atomic E-state index is -4.02. The van der Waals surface area contributed by atoms with Crippen LogP contribution in [0.4, 0.5) is 10.5 Å². The number of nitrogens with one attached hydrogen (secondary N) is 3. The van der Waals surface area contributed by atoms with Crippen LogP contribution in [0, 0.1) is 0 Å². The van der Waals surface area contributed by atoms with Gasteiger partial charge in [-0.25, -0.2) is 17.9 Å². The van der Waals surface area contributed by atoms with Crippen molar-refractivity contribution in [3.8, 4) is 0 Å². The van der Waals surface area contributed by atoms with Crippen LogP contribution in [0.1, 0.15) is 10.6 Å². The van der Waals surface area contributed by atoms with Gasteiger partial charge in [0.15, 0.2) is 5.76 Å². The third kappa shape index (κ3) is 3.64. The Bertz CT molecular complexity index is 767. The van der Waals surface area contributed by atoms with Crippen LogP contribution in [0.3, 0.4) is 0 Å². The molecule has 0 unspecified atom stereocenters. The quantitative estimate of drug-likeness (QED) is 0.780. The van der Waals surface area contributed by atoms with E-state index in [9.17, 15) is 18.0 Å². The number of carbonyl (C=O) groups is 2. The second kappa shape index (κ2) is 6.31. The Morgan fingerprint density at radius 1 is 1.09 bits per heavy atom. The summed E-state index contributed by atoms with van der Waals surface area (Å²) in [5.74, 6) is -0.973. The van der Waals surface area contributed by atoms with E-state index in [0.29, 0.717) is 5.69 Å². The van der Waals surface area contributed by atoms with Crippen LogP contribution in [0.25, 0.3) is 0 Å². The number of furan rings is 1. The molecule has 0 saturated carbocycles. The number of amides is 3. The first kappa shape index (κ1) is 15.6. The van der Waals surface area contributed by atoms with E-state index in [1.165, 1.54) is 49.7 Å². The van der Waals surface area contributed by atoms with E-state index in [-0.39, 0.29) is 10.7 Å². The Morgan fingerprint density at radius 3 is 2.32 bits per heavy atom. The fraction of sp³-hybridized carbons (Fsp3) is 0.0769. The Labute approximate surface area is 126 Å². The van der Waals surface area contributed by atoms with Crippen molar-refractivity contribution in [2.45, 2.75) is 4.90 Å². The maximum absolute atomic E-state index is 12.1. The second-order valence-corrected chi connectivity index (χ2v) is 5.82. The SMILES string of the molecule is CNC(=O)Nc1ccc(S(=O)(=O)NC(=O)c2ccco2)cc1. The Morgan fingerprint density at radius 2 is 1.77 bits per heavy atom.